The van der Waals surface area contributed by atoms with Crippen molar-refractivity contribution in [2.45, 2.75) is 102 Å². The predicted molar refractivity (Wildman–Crippen MR) is 97.9 cm³/mol. The average Bonchev–Trinajstić information content (AvgIpc) is 2.64. The van der Waals surface area contributed by atoms with E-state index in [1.807, 2.05) is 0 Å². The minimum Gasteiger partial charge on any atom is -0.312 e. The fourth-order valence-electron chi connectivity index (χ4n) is 4.20. The molecule has 0 aromatic heterocycles. The molecular weight excluding hydrogens is 268 g/mol. The highest BCUT2D eigenvalue weighted by atomic mass is 14.9. The van der Waals surface area contributed by atoms with Gasteiger partial charge in [-0.1, -0.05) is 64.2 Å². The Morgan fingerprint density at radius 3 is 2.00 bits per heavy atom. The van der Waals surface area contributed by atoms with Crippen LogP contribution in [-0.2, 0) is 0 Å². The Morgan fingerprint density at radius 1 is 0.682 bits per heavy atom. The summed E-state index contributed by atoms with van der Waals surface area (Å²) in [7, 11) is 0. The van der Waals surface area contributed by atoms with Gasteiger partial charge < -0.3 is 5.32 Å². The first-order chi connectivity index (χ1) is 11.0. The minimum atomic E-state index is 0.758. The molecule has 1 aliphatic heterocycles. The summed E-state index contributed by atoms with van der Waals surface area (Å²) < 4.78 is 0. The molecule has 0 saturated heterocycles. The highest BCUT2D eigenvalue weighted by molar-refractivity contribution is 5.56. The number of rotatable bonds is 1. The molecule has 1 heterocycles. The first-order valence-electron chi connectivity index (χ1n) is 10.2. The summed E-state index contributed by atoms with van der Waals surface area (Å²) >= 11 is 0. The van der Waals surface area contributed by atoms with Gasteiger partial charge >= 0.3 is 0 Å². The van der Waals surface area contributed by atoms with E-state index in [4.69, 9.17) is 0 Å². The summed E-state index contributed by atoms with van der Waals surface area (Å²) in [6.45, 7) is 2.06. The Labute approximate surface area is 138 Å². The van der Waals surface area contributed by atoms with Crippen LogP contribution in [0.1, 0.15) is 96.3 Å². The fourth-order valence-corrected chi connectivity index (χ4v) is 4.20. The molecule has 2 rings (SSSR count). The van der Waals surface area contributed by atoms with Gasteiger partial charge in [-0.25, -0.2) is 0 Å². The SMILES string of the molecule is C1=NCCNC(C2CCCCCCCCCC2)CCCCC1. The first-order valence-corrected chi connectivity index (χ1v) is 10.2. The molecule has 1 saturated carbocycles. The third-order valence-corrected chi connectivity index (χ3v) is 5.59. The number of nitrogens with zero attached hydrogens (tertiary/aromatic N) is 1. The molecule has 2 nitrogen and oxygen atoms in total. The van der Waals surface area contributed by atoms with Crippen molar-refractivity contribution in [2.75, 3.05) is 13.1 Å². The summed E-state index contributed by atoms with van der Waals surface area (Å²) in [5.74, 6) is 0.919. The normalized spacial score (nSPS) is 28.5. The van der Waals surface area contributed by atoms with Gasteiger partial charge in [-0.2, -0.15) is 0 Å². The molecule has 0 spiro atoms. The summed E-state index contributed by atoms with van der Waals surface area (Å²) in [4.78, 5) is 4.54. The standard InChI is InChI=1S/C20H38N2/c1-2-4-6-10-14-19(13-9-5-3-1)20-15-11-7-8-12-16-21-17-18-22-20/h16,19-20,22H,1-15,17-18H2. The maximum Gasteiger partial charge on any atom is 0.0510 e. The van der Waals surface area contributed by atoms with Gasteiger partial charge in [-0.15, -0.1) is 0 Å². The molecule has 0 aromatic rings. The molecule has 1 atom stereocenters. The lowest BCUT2D eigenvalue weighted by atomic mass is 9.85. The van der Waals surface area contributed by atoms with E-state index in [0.717, 1.165) is 25.0 Å². The topological polar surface area (TPSA) is 24.4 Å². The third-order valence-electron chi connectivity index (χ3n) is 5.59. The van der Waals surface area contributed by atoms with Crippen molar-refractivity contribution in [1.29, 1.82) is 0 Å². The highest BCUT2D eigenvalue weighted by Gasteiger charge is 2.20. The molecule has 1 N–H and O–H groups in total. The average molecular weight is 307 g/mol. The zero-order valence-corrected chi connectivity index (χ0v) is 14.7. The van der Waals surface area contributed by atoms with Crippen molar-refractivity contribution >= 4 is 6.21 Å². The fraction of sp³-hybridized carbons (Fsp3) is 0.950. The van der Waals surface area contributed by atoms with E-state index >= 15 is 0 Å². The first kappa shape index (κ1) is 18.0. The molecule has 0 aromatic carbocycles. The van der Waals surface area contributed by atoms with E-state index in [0.29, 0.717) is 0 Å². The molecule has 128 valence electrons. The van der Waals surface area contributed by atoms with Crippen LogP contribution in [0.2, 0.25) is 0 Å². The van der Waals surface area contributed by atoms with Crippen LogP contribution in [0.4, 0.5) is 0 Å². The Morgan fingerprint density at radius 2 is 1.27 bits per heavy atom. The number of hydrogen-bond donors (Lipinski definition) is 1. The van der Waals surface area contributed by atoms with Gasteiger partial charge in [-0.3, -0.25) is 4.99 Å². The van der Waals surface area contributed by atoms with Gasteiger partial charge in [-0.05, 0) is 44.2 Å². The second kappa shape index (κ2) is 12.1. The highest BCUT2D eigenvalue weighted by Crippen LogP contribution is 2.26. The van der Waals surface area contributed by atoms with E-state index in [1.165, 1.54) is 96.3 Å². The van der Waals surface area contributed by atoms with Crippen molar-refractivity contribution in [3.8, 4) is 0 Å². The van der Waals surface area contributed by atoms with Crippen LogP contribution in [-0.4, -0.2) is 25.3 Å². The van der Waals surface area contributed by atoms with E-state index < -0.39 is 0 Å². The van der Waals surface area contributed by atoms with Crippen molar-refractivity contribution in [3.63, 3.8) is 0 Å². The molecular formula is C20H38N2. The Kier molecular flexibility index (Phi) is 9.89. The lowest BCUT2D eigenvalue weighted by Gasteiger charge is -2.28. The Bertz CT molecular complexity index is 275. The van der Waals surface area contributed by atoms with Crippen LogP contribution in [0.15, 0.2) is 4.99 Å². The van der Waals surface area contributed by atoms with Crippen LogP contribution >= 0.6 is 0 Å². The van der Waals surface area contributed by atoms with Crippen LogP contribution in [0.5, 0.6) is 0 Å². The van der Waals surface area contributed by atoms with Crippen molar-refractivity contribution in [1.82, 2.24) is 5.32 Å². The molecule has 22 heavy (non-hydrogen) atoms. The van der Waals surface area contributed by atoms with Gasteiger partial charge in [0.05, 0.1) is 6.54 Å². The van der Waals surface area contributed by atoms with Crippen LogP contribution < -0.4 is 5.32 Å². The Hall–Kier alpha value is -0.370. The second-order valence-electron chi connectivity index (χ2n) is 7.45. The number of nitrogens with one attached hydrogen (secondary N) is 1. The van der Waals surface area contributed by atoms with Crippen LogP contribution in [0.3, 0.4) is 0 Å². The molecule has 2 aliphatic rings. The lowest BCUT2D eigenvalue weighted by Crippen LogP contribution is -2.38. The molecule has 0 bridgehead atoms. The van der Waals surface area contributed by atoms with Gasteiger partial charge in [0.1, 0.15) is 0 Å². The monoisotopic (exact) mass is 306 g/mol. The van der Waals surface area contributed by atoms with Gasteiger partial charge in [0.2, 0.25) is 0 Å². The van der Waals surface area contributed by atoms with Gasteiger partial charge in [0.15, 0.2) is 0 Å². The Balaban J connectivity index is 1.85. The molecule has 2 heteroatoms. The molecule has 1 aliphatic carbocycles. The maximum absolute atomic E-state index is 4.54. The van der Waals surface area contributed by atoms with Gasteiger partial charge in [0, 0.05) is 12.6 Å². The number of hydrogen-bond acceptors (Lipinski definition) is 2. The van der Waals surface area contributed by atoms with E-state index in [1.54, 1.807) is 0 Å². The van der Waals surface area contributed by atoms with Crippen molar-refractivity contribution in [2.24, 2.45) is 10.9 Å². The van der Waals surface area contributed by atoms with E-state index in [2.05, 4.69) is 16.5 Å². The zero-order chi connectivity index (χ0) is 15.3. The number of aliphatic imine (C=N–C) groups is 1. The third kappa shape index (κ3) is 7.76. The predicted octanol–water partition coefficient (Wildman–Crippen LogP) is 5.51. The van der Waals surface area contributed by atoms with Gasteiger partial charge in [0.25, 0.3) is 0 Å². The van der Waals surface area contributed by atoms with Crippen molar-refractivity contribution in [3.05, 3.63) is 0 Å². The van der Waals surface area contributed by atoms with E-state index in [-0.39, 0.29) is 0 Å². The molecule has 0 amide bonds. The largest absolute Gasteiger partial charge is 0.312 e. The summed E-state index contributed by atoms with van der Waals surface area (Å²) in [6, 6.07) is 0.758. The quantitative estimate of drug-likeness (QED) is 0.678. The second-order valence-corrected chi connectivity index (χ2v) is 7.45. The van der Waals surface area contributed by atoms with Crippen molar-refractivity contribution < 1.29 is 0 Å². The van der Waals surface area contributed by atoms with E-state index in [9.17, 15) is 0 Å². The molecule has 1 unspecified atom stereocenters. The minimum absolute atomic E-state index is 0.758. The zero-order valence-electron chi connectivity index (χ0n) is 14.7. The smallest absolute Gasteiger partial charge is 0.0510 e. The molecule has 0 radical (unpaired) electrons. The maximum atomic E-state index is 4.54. The lowest BCUT2D eigenvalue weighted by molar-refractivity contribution is 0.283. The molecule has 1 fully saturated rings. The summed E-state index contributed by atoms with van der Waals surface area (Å²) in [5, 5.41) is 3.87. The van der Waals surface area contributed by atoms with Crippen LogP contribution in [0.25, 0.3) is 0 Å². The van der Waals surface area contributed by atoms with Crippen LogP contribution in [0, 0.1) is 5.92 Å². The summed E-state index contributed by atoms with van der Waals surface area (Å²) in [5.41, 5.74) is 0. The summed E-state index contributed by atoms with van der Waals surface area (Å²) in [6.07, 6.45) is 23.5.